The van der Waals surface area contributed by atoms with Gasteiger partial charge in [0.2, 0.25) is 0 Å². The topological polar surface area (TPSA) is 68.2 Å². The molecule has 2 N–H and O–H groups in total. The summed E-state index contributed by atoms with van der Waals surface area (Å²) in [6, 6.07) is -1.37. The van der Waals surface area contributed by atoms with Gasteiger partial charge in [0.1, 0.15) is 5.75 Å². The molecular formula is C14H12BF12NaO5. The van der Waals surface area contributed by atoms with Gasteiger partial charge in [-0.1, -0.05) is 0 Å². The van der Waals surface area contributed by atoms with Crippen molar-refractivity contribution in [2.24, 2.45) is 0 Å². The molecule has 0 saturated heterocycles. The Morgan fingerprint density at radius 3 is 1.09 bits per heavy atom. The summed E-state index contributed by atoms with van der Waals surface area (Å²) >= 11 is 0. The van der Waals surface area contributed by atoms with Gasteiger partial charge in [0.25, 0.3) is 11.2 Å². The fraction of sp³-hybridized carbons (Fsp3) is 0.571. The minimum atomic E-state index is -6.47. The molecular weight excluding hydrogens is 510 g/mol. The van der Waals surface area contributed by atoms with E-state index in [9.17, 15) is 52.7 Å². The molecule has 5 nitrogen and oxygen atoms in total. The Kier molecular flexibility index (Phi) is 9.71. The molecule has 0 atom stereocenters. The fourth-order valence-electron chi connectivity index (χ4n) is 2.87. The SMILES string of the molecule is COC(c1cc(OB(O)O)cc(C(OC)(C(F)(F)F)C(F)(F)F)c1)(C(F)(F)F)C(F)(F)F.[H-].[Na+]. The fourth-order valence-corrected chi connectivity index (χ4v) is 2.87. The molecule has 33 heavy (non-hydrogen) atoms. The first kappa shape index (κ1) is 32.1. The molecule has 0 bridgehead atoms. The Morgan fingerprint density at radius 2 is 0.909 bits per heavy atom. The predicted octanol–water partition coefficient (Wildman–Crippen LogP) is 1.08. The summed E-state index contributed by atoms with van der Waals surface area (Å²) in [6.45, 7) is 0. The van der Waals surface area contributed by atoms with E-state index in [1.54, 1.807) is 0 Å². The van der Waals surface area contributed by atoms with Gasteiger partial charge in [-0.25, -0.2) is 0 Å². The number of rotatable bonds is 6. The van der Waals surface area contributed by atoms with Crippen LogP contribution in [0.4, 0.5) is 52.7 Å². The van der Waals surface area contributed by atoms with Crippen LogP contribution in [0.1, 0.15) is 12.6 Å². The van der Waals surface area contributed by atoms with Crippen LogP contribution in [0.2, 0.25) is 0 Å². The molecule has 186 valence electrons. The van der Waals surface area contributed by atoms with Crippen molar-refractivity contribution in [3.05, 3.63) is 29.3 Å². The monoisotopic (exact) mass is 522 g/mol. The smallest absolute Gasteiger partial charge is 1.00 e. The van der Waals surface area contributed by atoms with Gasteiger partial charge < -0.3 is 25.6 Å². The average molecular weight is 522 g/mol. The van der Waals surface area contributed by atoms with Gasteiger partial charge in [-0.05, 0) is 18.2 Å². The first-order chi connectivity index (χ1) is 14.1. The van der Waals surface area contributed by atoms with Crippen molar-refractivity contribution in [2.75, 3.05) is 14.2 Å². The molecule has 0 unspecified atom stereocenters. The van der Waals surface area contributed by atoms with Gasteiger partial charge in [0, 0.05) is 25.3 Å². The maximum absolute atomic E-state index is 13.5. The van der Waals surface area contributed by atoms with E-state index in [1.165, 1.54) is 0 Å². The predicted molar refractivity (Wildman–Crippen MR) is 80.0 cm³/mol. The Labute approximate surface area is 200 Å². The second kappa shape index (κ2) is 9.98. The van der Waals surface area contributed by atoms with E-state index in [1.807, 2.05) is 0 Å². The van der Waals surface area contributed by atoms with E-state index < -0.39 is 66.2 Å². The van der Waals surface area contributed by atoms with Crippen molar-refractivity contribution in [1.82, 2.24) is 0 Å². The first-order valence-electron chi connectivity index (χ1n) is 7.68. The van der Waals surface area contributed by atoms with E-state index in [0.717, 1.165) is 0 Å². The van der Waals surface area contributed by atoms with Crippen LogP contribution in [-0.4, -0.2) is 56.3 Å². The quantitative estimate of drug-likeness (QED) is 0.433. The molecule has 1 aromatic rings. The van der Waals surface area contributed by atoms with Crippen molar-refractivity contribution in [3.63, 3.8) is 0 Å². The van der Waals surface area contributed by atoms with Crippen LogP contribution in [0.25, 0.3) is 0 Å². The minimum Gasteiger partial charge on any atom is -1.00 e. The maximum atomic E-state index is 13.5. The summed E-state index contributed by atoms with van der Waals surface area (Å²) in [7, 11) is -3.35. The van der Waals surface area contributed by atoms with Crippen LogP contribution in [-0.2, 0) is 20.7 Å². The van der Waals surface area contributed by atoms with Crippen molar-refractivity contribution < 1.29 is 108 Å². The third kappa shape index (κ3) is 5.51. The third-order valence-electron chi connectivity index (χ3n) is 4.17. The number of halogens is 12. The molecule has 0 fully saturated rings. The van der Waals surface area contributed by atoms with Gasteiger partial charge in [0.15, 0.2) is 0 Å². The standard InChI is InChI=1S/C14H11BF12O5.Na.H/c1-30-9(11(16,17)18,12(19,20)21)6-3-7(5-8(4-6)32-15(28)29)10(31-2,13(22,23)24)14(25,26)27;;/h3-5,28-29H,1-2H3;;/q;+1;-1. The average Bonchev–Trinajstić information content (AvgIpc) is 2.50. The largest absolute Gasteiger partial charge is 1.00 e. The second-order valence-corrected chi connectivity index (χ2v) is 5.95. The van der Waals surface area contributed by atoms with Crippen LogP contribution in [0.15, 0.2) is 18.2 Å². The Bertz CT molecular complexity index is 726. The van der Waals surface area contributed by atoms with Crippen molar-refractivity contribution in [3.8, 4) is 5.75 Å². The van der Waals surface area contributed by atoms with Gasteiger partial charge in [-0.15, -0.1) is 0 Å². The number of methoxy groups -OCH3 is 2. The Hall–Kier alpha value is -0.915. The maximum Gasteiger partial charge on any atom is 1.00 e. The van der Waals surface area contributed by atoms with Crippen molar-refractivity contribution in [1.29, 1.82) is 0 Å². The Morgan fingerprint density at radius 1 is 0.636 bits per heavy atom. The first-order valence-corrected chi connectivity index (χ1v) is 7.68. The van der Waals surface area contributed by atoms with Crippen LogP contribution in [0.3, 0.4) is 0 Å². The summed E-state index contributed by atoms with van der Waals surface area (Å²) in [5.41, 5.74) is -15.6. The third-order valence-corrected chi connectivity index (χ3v) is 4.17. The number of ether oxygens (including phenoxy) is 2. The molecule has 0 aliphatic heterocycles. The van der Waals surface area contributed by atoms with Crippen LogP contribution in [0, 0.1) is 0 Å². The van der Waals surface area contributed by atoms with E-state index >= 15 is 0 Å². The van der Waals surface area contributed by atoms with Gasteiger partial charge >= 0.3 is 61.6 Å². The van der Waals surface area contributed by atoms with E-state index in [4.69, 9.17) is 10.0 Å². The number of hydrogen-bond donors (Lipinski definition) is 2. The molecule has 0 spiro atoms. The normalized spacial score (nSPS) is 14.1. The zero-order chi connectivity index (χ0) is 25.6. The molecule has 0 radical (unpaired) electrons. The second-order valence-electron chi connectivity index (χ2n) is 5.95. The molecule has 0 aliphatic carbocycles. The molecule has 0 amide bonds. The van der Waals surface area contributed by atoms with E-state index in [0.29, 0.717) is 0 Å². The van der Waals surface area contributed by atoms with Crippen LogP contribution >= 0.6 is 0 Å². The summed E-state index contributed by atoms with van der Waals surface area (Å²) < 4.78 is 173. The summed E-state index contributed by atoms with van der Waals surface area (Å²) in [5.74, 6) is -1.64. The van der Waals surface area contributed by atoms with Gasteiger partial charge in [-0.2, -0.15) is 52.7 Å². The Balaban J connectivity index is 0. The van der Waals surface area contributed by atoms with Crippen molar-refractivity contribution in [2.45, 2.75) is 35.9 Å². The van der Waals surface area contributed by atoms with Crippen molar-refractivity contribution >= 4 is 7.32 Å². The van der Waals surface area contributed by atoms with E-state index in [-0.39, 0.29) is 57.3 Å². The number of benzene rings is 1. The zero-order valence-corrected chi connectivity index (χ0v) is 18.5. The molecule has 19 heteroatoms. The van der Waals surface area contributed by atoms with Crippen LogP contribution in [0.5, 0.6) is 5.75 Å². The number of hydrogen-bond acceptors (Lipinski definition) is 5. The molecule has 0 saturated carbocycles. The summed E-state index contributed by atoms with van der Waals surface area (Å²) in [6.07, 6.45) is -25.9. The molecule has 1 rings (SSSR count). The number of alkyl halides is 12. The zero-order valence-electron chi connectivity index (χ0n) is 17.5. The van der Waals surface area contributed by atoms with Gasteiger partial charge in [0.05, 0.1) is 0 Å². The minimum absolute atomic E-state index is 0. The molecule has 0 aromatic heterocycles. The molecule has 1 aromatic carbocycles. The summed E-state index contributed by atoms with van der Waals surface area (Å²) in [5, 5.41) is 17.5. The molecule has 0 aliphatic rings. The van der Waals surface area contributed by atoms with Crippen LogP contribution < -0.4 is 34.2 Å². The van der Waals surface area contributed by atoms with Gasteiger partial charge in [-0.3, -0.25) is 0 Å². The van der Waals surface area contributed by atoms with E-state index in [2.05, 4.69) is 14.1 Å². The molecule has 0 heterocycles. The summed E-state index contributed by atoms with van der Waals surface area (Å²) in [4.78, 5) is 0.